The molecule has 5 rings (SSSR count). The van der Waals surface area contributed by atoms with E-state index in [0.29, 0.717) is 12.6 Å². The van der Waals surface area contributed by atoms with Crippen LogP contribution in [0.15, 0.2) is 36.8 Å². The minimum absolute atomic E-state index is 0.584. The van der Waals surface area contributed by atoms with Crippen molar-refractivity contribution in [1.29, 1.82) is 0 Å². The second-order valence-corrected chi connectivity index (χ2v) is 7.49. The minimum Gasteiger partial charge on any atom is -0.364 e. The number of fused-ring (bicyclic) bond motifs is 1. The predicted octanol–water partition coefficient (Wildman–Crippen LogP) is 3.95. The highest BCUT2D eigenvalue weighted by atomic mass is 15.3. The molecule has 0 unspecified atom stereocenters. The molecule has 138 valence electrons. The molecule has 0 atom stereocenters. The summed E-state index contributed by atoms with van der Waals surface area (Å²) in [7, 11) is 0. The molecule has 27 heavy (non-hydrogen) atoms. The lowest BCUT2D eigenvalue weighted by molar-refractivity contribution is 0.463. The van der Waals surface area contributed by atoms with Gasteiger partial charge in [0.15, 0.2) is 5.82 Å². The molecule has 6 nitrogen and oxygen atoms in total. The van der Waals surface area contributed by atoms with E-state index in [4.69, 9.17) is 15.1 Å². The molecule has 3 heterocycles. The molecule has 0 saturated heterocycles. The van der Waals surface area contributed by atoms with Gasteiger partial charge in [0, 0.05) is 35.4 Å². The van der Waals surface area contributed by atoms with Crippen LogP contribution < -0.4 is 5.32 Å². The Labute approximate surface area is 159 Å². The van der Waals surface area contributed by atoms with Crippen LogP contribution in [0.3, 0.4) is 0 Å². The van der Waals surface area contributed by atoms with Crippen molar-refractivity contribution in [2.45, 2.75) is 57.5 Å². The average molecular weight is 360 g/mol. The number of hydrogen-bond donors (Lipinski definition) is 1. The summed E-state index contributed by atoms with van der Waals surface area (Å²) in [5.74, 6) is 1.73. The quantitative estimate of drug-likeness (QED) is 0.746. The first-order valence-corrected chi connectivity index (χ1v) is 9.95. The molecule has 1 N–H and O–H groups in total. The van der Waals surface area contributed by atoms with E-state index in [1.54, 1.807) is 12.4 Å². The van der Waals surface area contributed by atoms with Crippen molar-refractivity contribution >= 4 is 5.82 Å². The van der Waals surface area contributed by atoms with Gasteiger partial charge in [-0.05, 0) is 50.3 Å². The van der Waals surface area contributed by atoms with Crippen LogP contribution in [0.5, 0.6) is 0 Å². The van der Waals surface area contributed by atoms with E-state index in [1.807, 2.05) is 12.1 Å². The topological polar surface area (TPSA) is 68.5 Å². The number of pyridine rings is 1. The molecule has 3 aromatic heterocycles. The van der Waals surface area contributed by atoms with Crippen LogP contribution >= 0.6 is 0 Å². The van der Waals surface area contributed by atoms with Crippen LogP contribution in [-0.4, -0.2) is 24.7 Å². The molecule has 2 aliphatic rings. The van der Waals surface area contributed by atoms with E-state index in [9.17, 15) is 0 Å². The maximum Gasteiger partial charge on any atom is 0.161 e. The van der Waals surface area contributed by atoms with Gasteiger partial charge in [-0.1, -0.05) is 12.8 Å². The molecule has 0 bridgehead atoms. The fourth-order valence-corrected chi connectivity index (χ4v) is 4.23. The third-order valence-corrected chi connectivity index (χ3v) is 5.67. The summed E-state index contributed by atoms with van der Waals surface area (Å²) in [5, 5.41) is 8.32. The molecule has 0 spiro atoms. The van der Waals surface area contributed by atoms with Crippen LogP contribution in [0, 0.1) is 0 Å². The summed E-state index contributed by atoms with van der Waals surface area (Å²) in [5.41, 5.74) is 4.52. The van der Waals surface area contributed by atoms with Gasteiger partial charge in [-0.25, -0.2) is 9.97 Å². The van der Waals surface area contributed by atoms with Crippen molar-refractivity contribution in [2.75, 3.05) is 5.32 Å². The molecule has 1 fully saturated rings. The van der Waals surface area contributed by atoms with Crippen LogP contribution in [0.2, 0.25) is 0 Å². The fourth-order valence-electron chi connectivity index (χ4n) is 4.23. The van der Waals surface area contributed by atoms with Gasteiger partial charge in [0.1, 0.15) is 5.82 Å². The second kappa shape index (κ2) is 7.10. The van der Waals surface area contributed by atoms with Gasteiger partial charge < -0.3 is 5.32 Å². The van der Waals surface area contributed by atoms with Gasteiger partial charge in [-0.3, -0.25) is 9.67 Å². The first-order valence-electron chi connectivity index (χ1n) is 9.95. The van der Waals surface area contributed by atoms with Crippen molar-refractivity contribution in [1.82, 2.24) is 24.7 Å². The summed E-state index contributed by atoms with van der Waals surface area (Å²) < 4.78 is 2.15. The molecule has 0 amide bonds. The Morgan fingerprint density at radius 1 is 1.00 bits per heavy atom. The summed E-state index contributed by atoms with van der Waals surface area (Å²) in [4.78, 5) is 13.7. The molecule has 3 aromatic rings. The lowest BCUT2D eigenvalue weighted by atomic mass is 10.2. The van der Waals surface area contributed by atoms with Gasteiger partial charge in [0.2, 0.25) is 0 Å². The van der Waals surface area contributed by atoms with Crippen molar-refractivity contribution < 1.29 is 0 Å². The van der Waals surface area contributed by atoms with E-state index in [1.165, 1.54) is 36.9 Å². The molecular formula is C21H24N6. The average Bonchev–Trinajstić information content (AvgIpc) is 3.47. The van der Waals surface area contributed by atoms with Crippen LogP contribution in [-0.2, 0) is 19.4 Å². The van der Waals surface area contributed by atoms with Crippen molar-refractivity contribution in [3.63, 3.8) is 0 Å². The van der Waals surface area contributed by atoms with Crippen LogP contribution in [0.25, 0.3) is 11.4 Å². The third kappa shape index (κ3) is 3.31. The summed E-state index contributed by atoms with van der Waals surface area (Å²) in [6.07, 6.45) is 14.1. The molecular weight excluding hydrogens is 336 g/mol. The Kier molecular flexibility index (Phi) is 4.32. The number of nitrogens with zero attached hydrogens (tertiary/aromatic N) is 5. The highest BCUT2D eigenvalue weighted by molar-refractivity contribution is 5.60. The number of anilines is 1. The van der Waals surface area contributed by atoms with Gasteiger partial charge in [-0.15, -0.1) is 0 Å². The first kappa shape index (κ1) is 16.4. The summed E-state index contributed by atoms with van der Waals surface area (Å²) in [6, 6.07) is 6.63. The number of hydrogen-bond acceptors (Lipinski definition) is 5. The zero-order chi connectivity index (χ0) is 18.1. The van der Waals surface area contributed by atoms with E-state index in [2.05, 4.69) is 27.2 Å². The monoisotopic (exact) mass is 360 g/mol. The Morgan fingerprint density at radius 2 is 1.85 bits per heavy atom. The number of aromatic nitrogens is 5. The van der Waals surface area contributed by atoms with Gasteiger partial charge in [0.25, 0.3) is 0 Å². The van der Waals surface area contributed by atoms with E-state index < -0.39 is 0 Å². The SMILES string of the molecule is c1cc(-c2nc3c(c(NCc4ccn(C5CCCC5)n4)n2)CCC3)ccn1. The maximum atomic E-state index is 4.83. The third-order valence-electron chi connectivity index (χ3n) is 5.67. The second-order valence-electron chi connectivity index (χ2n) is 7.49. The van der Waals surface area contributed by atoms with Gasteiger partial charge >= 0.3 is 0 Å². The number of rotatable bonds is 5. The molecule has 1 saturated carbocycles. The lowest BCUT2D eigenvalue weighted by Gasteiger charge is -2.12. The zero-order valence-electron chi connectivity index (χ0n) is 15.4. The van der Waals surface area contributed by atoms with E-state index >= 15 is 0 Å². The minimum atomic E-state index is 0.584. The van der Waals surface area contributed by atoms with Crippen LogP contribution in [0.4, 0.5) is 5.82 Å². The summed E-state index contributed by atoms with van der Waals surface area (Å²) in [6.45, 7) is 0.693. The molecule has 0 aromatic carbocycles. The zero-order valence-corrected chi connectivity index (χ0v) is 15.4. The Bertz CT molecular complexity index is 927. The van der Waals surface area contributed by atoms with Crippen molar-refractivity contribution in [3.05, 3.63) is 53.7 Å². The Morgan fingerprint density at radius 3 is 2.70 bits per heavy atom. The van der Waals surface area contributed by atoms with Crippen molar-refractivity contribution in [2.24, 2.45) is 0 Å². The largest absolute Gasteiger partial charge is 0.364 e. The van der Waals surface area contributed by atoms with E-state index in [-0.39, 0.29) is 0 Å². The number of aryl methyl sites for hydroxylation is 1. The molecule has 0 aliphatic heterocycles. The van der Waals surface area contributed by atoms with Gasteiger partial charge in [-0.2, -0.15) is 5.10 Å². The highest BCUT2D eigenvalue weighted by Gasteiger charge is 2.21. The van der Waals surface area contributed by atoms with Crippen LogP contribution in [0.1, 0.15) is 55.1 Å². The lowest BCUT2D eigenvalue weighted by Crippen LogP contribution is -2.09. The smallest absolute Gasteiger partial charge is 0.161 e. The first-order chi connectivity index (χ1) is 13.4. The summed E-state index contributed by atoms with van der Waals surface area (Å²) >= 11 is 0. The molecule has 2 aliphatic carbocycles. The maximum absolute atomic E-state index is 4.83. The van der Waals surface area contributed by atoms with E-state index in [0.717, 1.165) is 42.2 Å². The predicted molar refractivity (Wildman–Crippen MR) is 104 cm³/mol. The fraction of sp³-hybridized carbons (Fsp3) is 0.429. The molecule has 6 heteroatoms. The molecule has 0 radical (unpaired) electrons. The Balaban J connectivity index is 1.37. The Hall–Kier alpha value is -2.76. The standard InChI is InChI=1S/C21H24N6/c1-2-5-17(4-1)27-13-10-16(26-27)14-23-21-18-6-3-7-19(18)24-20(25-21)15-8-11-22-12-9-15/h8-13,17H,1-7,14H2,(H,23,24,25). The van der Waals surface area contributed by atoms with Gasteiger partial charge in [0.05, 0.1) is 18.3 Å². The normalized spacial score (nSPS) is 16.6. The number of nitrogens with one attached hydrogen (secondary N) is 1. The van der Waals surface area contributed by atoms with Crippen molar-refractivity contribution in [3.8, 4) is 11.4 Å². The highest BCUT2D eigenvalue weighted by Crippen LogP contribution is 2.30.